The standard InChI is InChI=1S/C22H17N3/c1-16-23-21(18-11-6-3-7-12-18)25-22(24-16)20-14-8-13-19(15-20)17-9-4-2-5-10-17/h2-15H,1H3. The van der Waals surface area contributed by atoms with Crippen LogP contribution in [0.1, 0.15) is 5.82 Å². The van der Waals surface area contributed by atoms with E-state index in [-0.39, 0.29) is 0 Å². The zero-order valence-corrected chi connectivity index (χ0v) is 13.9. The zero-order chi connectivity index (χ0) is 17.1. The Morgan fingerprint density at radius 2 is 1.00 bits per heavy atom. The van der Waals surface area contributed by atoms with Gasteiger partial charge in [0.1, 0.15) is 5.82 Å². The maximum Gasteiger partial charge on any atom is 0.163 e. The lowest BCUT2D eigenvalue weighted by Crippen LogP contribution is -1.99. The minimum absolute atomic E-state index is 0.698. The molecule has 0 saturated carbocycles. The van der Waals surface area contributed by atoms with Gasteiger partial charge in [-0.2, -0.15) is 0 Å². The van der Waals surface area contributed by atoms with Gasteiger partial charge < -0.3 is 0 Å². The molecule has 3 heteroatoms. The van der Waals surface area contributed by atoms with Crippen LogP contribution < -0.4 is 0 Å². The van der Waals surface area contributed by atoms with Gasteiger partial charge in [-0.1, -0.05) is 78.9 Å². The van der Waals surface area contributed by atoms with Crippen LogP contribution in [0.3, 0.4) is 0 Å². The van der Waals surface area contributed by atoms with Crippen LogP contribution in [-0.2, 0) is 0 Å². The first kappa shape index (κ1) is 15.2. The van der Waals surface area contributed by atoms with E-state index in [1.54, 1.807) is 0 Å². The largest absolute Gasteiger partial charge is 0.213 e. The van der Waals surface area contributed by atoms with Crippen LogP contribution >= 0.6 is 0 Å². The minimum Gasteiger partial charge on any atom is -0.213 e. The summed E-state index contributed by atoms with van der Waals surface area (Å²) in [4.78, 5) is 13.7. The van der Waals surface area contributed by atoms with Crippen molar-refractivity contribution in [2.24, 2.45) is 0 Å². The highest BCUT2D eigenvalue weighted by Crippen LogP contribution is 2.25. The third-order valence-electron chi connectivity index (χ3n) is 4.01. The van der Waals surface area contributed by atoms with E-state index >= 15 is 0 Å². The van der Waals surface area contributed by atoms with Crippen LogP contribution in [-0.4, -0.2) is 15.0 Å². The van der Waals surface area contributed by atoms with E-state index in [0.717, 1.165) is 16.7 Å². The summed E-state index contributed by atoms with van der Waals surface area (Å²) in [6.45, 7) is 1.90. The van der Waals surface area contributed by atoms with Crippen molar-refractivity contribution in [2.45, 2.75) is 6.92 Å². The van der Waals surface area contributed by atoms with E-state index in [2.05, 4.69) is 39.2 Å². The molecule has 0 amide bonds. The molecule has 1 heterocycles. The second-order valence-electron chi connectivity index (χ2n) is 5.84. The summed E-state index contributed by atoms with van der Waals surface area (Å²) in [5, 5.41) is 0. The number of rotatable bonds is 3. The Bertz CT molecular complexity index is 996. The molecule has 3 nitrogen and oxygen atoms in total. The Balaban J connectivity index is 1.79. The Morgan fingerprint density at radius 3 is 1.68 bits per heavy atom. The van der Waals surface area contributed by atoms with Crippen LogP contribution in [0.25, 0.3) is 33.9 Å². The van der Waals surface area contributed by atoms with Gasteiger partial charge in [0.05, 0.1) is 0 Å². The van der Waals surface area contributed by atoms with Gasteiger partial charge >= 0.3 is 0 Å². The fourth-order valence-electron chi connectivity index (χ4n) is 2.80. The number of hydrogen-bond donors (Lipinski definition) is 0. The summed E-state index contributed by atoms with van der Waals surface area (Å²) < 4.78 is 0. The predicted octanol–water partition coefficient (Wildman–Crippen LogP) is 5.18. The Kier molecular flexibility index (Phi) is 4.05. The van der Waals surface area contributed by atoms with Gasteiger partial charge in [0.2, 0.25) is 0 Å². The third kappa shape index (κ3) is 3.31. The third-order valence-corrected chi connectivity index (χ3v) is 4.01. The van der Waals surface area contributed by atoms with Crippen molar-refractivity contribution >= 4 is 0 Å². The van der Waals surface area contributed by atoms with Crippen molar-refractivity contribution < 1.29 is 0 Å². The molecule has 0 fully saturated rings. The van der Waals surface area contributed by atoms with Crippen LogP contribution in [0.5, 0.6) is 0 Å². The highest BCUT2D eigenvalue weighted by Gasteiger charge is 2.09. The molecule has 1 aromatic heterocycles. The van der Waals surface area contributed by atoms with Crippen LogP contribution in [0.4, 0.5) is 0 Å². The Hall–Kier alpha value is -3.33. The van der Waals surface area contributed by atoms with Crippen molar-refractivity contribution in [1.82, 2.24) is 15.0 Å². The molecule has 0 spiro atoms. The predicted molar refractivity (Wildman–Crippen MR) is 101 cm³/mol. The van der Waals surface area contributed by atoms with Crippen molar-refractivity contribution in [3.05, 3.63) is 90.8 Å². The van der Waals surface area contributed by atoms with E-state index in [9.17, 15) is 0 Å². The Morgan fingerprint density at radius 1 is 0.480 bits per heavy atom. The normalized spacial score (nSPS) is 10.6. The number of nitrogens with zero attached hydrogens (tertiary/aromatic N) is 3. The first-order valence-electron chi connectivity index (χ1n) is 8.23. The minimum atomic E-state index is 0.698. The molecule has 4 aromatic rings. The Labute approximate surface area is 147 Å². The average Bonchev–Trinajstić information content (AvgIpc) is 2.69. The second kappa shape index (κ2) is 6.65. The molecule has 4 rings (SSSR count). The van der Waals surface area contributed by atoms with Crippen molar-refractivity contribution in [3.8, 4) is 33.9 Å². The maximum absolute atomic E-state index is 4.69. The van der Waals surface area contributed by atoms with Crippen LogP contribution in [0.15, 0.2) is 84.9 Å². The molecular formula is C22H17N3. The summed E-state index contributed by atoms with van der Waals surface area (Å²) >= 11 is 0. The van der Waals surface area contributed by atoms with E-state index in [0.29, 0.717) is 17.5 Å². The van der Waals surface area contributed by atoms with Gasteiger partial charge in [-0.3, -0.25) is 0 Å². The molecule has 0 aliphatic rings. The van der Waals surface area contributed by atoms with Gasteiger partial charge in [-0.15, -0.1) is 0 Å². The molecule has 0 aliphatic carbocycles. The van der Waals surface area contributed by atoms with Crippen molar-refractivity contribution in [1.29, 1.82) is 0 Å². The quantitative estimate of drug-likeness (QED) is 0.521. The smallest absolute Gasteiger partial charge is 0.163 e. The van der Waals surface area contributed by atoms with Gasteiger partial charge in [0.15, 0.2) is 11.6 Å². The molecule has 0 atom stereocenters. The lowest BCUT2D eigenvalue weighted by molar-refractivity contribution is 0.992. The molecule has 0 aliphatic heterocycles. The monoisotopic (exact) mass is 323 g/mol. The SMILES string of the molecule is Cc1nc(-c2ccccc2)nc(-c2cccc(-c3ccccc3)c2)n1. The lowest BCUT2D eigenvalue weighted by Gasteiger charge is -2.07. The van der Waals surface area contributed by atoms with E-state index < -0.39 is 0 Å². The average molecular weight is 323 g/mol. The number of aromatic nitrogens is 3. The van der Waals surface area contributed by atoms with Crippen molar-refractivity contribution in [3.63, 3.8) is 0 Å². The fourth-order valence-corrected chi connectivity index (χ4v) is 2.80. The maximum atomic E-state index is 4.69. The summed E-state index contributed by atoms with van der Waals surface area (Å²) in [5.41, 5.74) is 4.31. The van der Waals surface area contributed by atoms with E-state index in [1.807, 2.05) is 67.6 Å². The van der Waals surface area contributed by atoms with Crippen LogP contribution in [0.2, 0.25) is 0 Å². The molecule has 0 unspecified atom stereocenters. The molecule has 0 N–H and O–H groups in total. The summed E-state index contributed by atoms with van der Waals surface area (Å²) in [6, 6.07) is 28.6. The van der Waals surface area contributed by atoms with E-state index in [1.165, 1.54) is 5.56 Å². The van der Waals surface area contributed by atoms with E-state index in [4.69, 9.17) is 0 Å². The highest BCUT2D eigenvalue weighted by atomic mass is 15.0. The molecule has 0 saturated heterocycles. The summed E-state index contributed by atoms with van der Waals surface area (Å²) in [6.07, 6.45) is 0. The summed E-state index contributed by atoms with van der Waals surface area (Å²) in [7, 11) is 0. The molecule has 0 bridgehead atoms. The molecule has 3 aromatic carbocycles. The van der Waals surface area contributed by atoms with Gasteiger partial charge in [-0.25, -0.2) is 15.0 Å². The lowest BCUT2D eigenvalue weighted by atomic mass is 10.0. The molecular weight excluding hydrogens is 306 g/mol. The van der Waals surface area contributed by atoms with Crippen molar-refractivity contribution in [2.75, 3.05) is 0 Å². The highest BCUT2D eigenvalue weighted by molar-refractivity contribution is 5.70. The number of benzene rings is 3. The van der Waals surface area contributed by atoms with Crippen LogP contribution in [0, 0.1) is 6.92 Å². The molecule has 25 heavy (non-hydrogen) atoms. The number of hydrogen-bond acceptors (Lipinski definition) is 3. The van der Waals surface area contributed by atoms with Gasteiger partial charge in [0, 0.05) is 11.1 Å². The van der Waals surface area contributed by atoms with Gasteiger partial charge in [0.25, 0.3) is 0 Å². The fraction of sp³-hybridized carbons (Fsp3) is 0.0455. The topological polar surface area (TPSA) is 38.7 Å². The number of aryl methyl sites for hydroxylation is 1. The molecule has 0 radical (unpaired) electrons. The summed E-state index contributed by atoms with van der Waals surface area (Å²) in [5.74, 6) is 2.12. The second-order valence-corrected chi connectivity index (χ2v) is 5.84. The molecule has 120 valence electrons. The zero-order valence-electron chi connectivity index (χ0n) is 13.9. The first-order chi connectivity index (χ1) is 12.3. The first-order valence-corrected chi connectivity index (χ1v) is 8.23. The van der Waals surface area contributed by atoms with Gasteiger partial charge in [-0.05, 0) is 24.1 Å².